The molecule has 0 amide bonds. The number of halogens is 1. The lowest BCUT2D eigenvalue weighted by Gasteiger charge is -2.01. The lowest BCUT2D eigenvalue weighted by Crippen LogP contribution is -1.97. The molecule has 2 nitrogen and oxygen atoms in total. The second-order valence-electron chi connectivity index (χ2n) is 2.90. The van der Waals surface area contributed by atoms with Crippen LogP contribution in [0.3, 0.4) is 0 Å². The van der Waals surface area contributed by atoms with Gasteiger partial charge in [0.2, 0.25) is 0 Å². The summed E-state index contributed by atoms with van der Waals surface area (Å²) in [5, 5.41) is 9.52. The van der Waals surface area contributed by atoms with Gasteiger partial charge in [0, 0.05) is 5.33 Å². The molecule has 0 bridgehead atoms. The van der Waals surface area contributed by atoms with Gasteiger partial charge in [-0.2, -0.15) is 0 Å². The number of carbonyl (C=O) groups is 1. The van der Waals surface area contributed by atoms with Crippen LogP contribution in [0.4, 0.5) is 0 Å². The van der Waals surface area contributed by atoms with Gasteiger partial charge in [0.05, 0.1) is 5.56 Å². The number of carboxylic acids is 1. The Morgan fingerprint density at radius 3 is 2.71 bits per heavy atom. The normalized spacial score (nSPS) is 10.7. The summed E-state index contributed by atoms with van der Waals surface area (Å²) < 4.78 is 0. The maximum Gasteiger partial charge on any atom is 0.335 e. The highest BCUT2D eigenvalue weighted by atomic mass is 79.9. The fourth-order valence-electron chi connectivity index (χ4n) is 1.21. The molecule has 14 heavy (non-hydrogen) atoms. The quantitative estimate of drug-likeness (QED) is 0.841. The Morgan fingerprint density at radius 2 is 2.21 bits per heavy atom. The monoisotopic (exact) mass is 254 g/mol. The molecule has 0 aliphatic carbocycles. The number of aromatic carboxylic acids is 1. The van der Waals surface area contributed by atoms with E-state index >= 15 is 0 Å². The smallest absolute Gasteiger partial charge is 0.335 e. The number of benzene rings is 1. The molecule has 0 unspecified atom stereocenters. The van der Waals surface area contributed by atoms with Crippen molar-refractivity contribution in [3.05, 3.63) is 41.0 Å². The van der Waals surface area contributed by atoms with E-state index < -0.39 is 5.97 Å². The minimum atomic E-state index is -0.890. The third kappa shape index (κ3) is 2.70. The van der Waals surface area contributed by atoms with Crippen LogP contribution >= 0.6 is 15.9 Å². The van der Waals surface area contributed by atoms with E-state index in [0.717, 1.165) is 11.1 Å². The molecule has 0 fully saturated rings. The zero-order valence-electron chi connectivity index (χ0n) is 7.83. The summed E-state index contributed by atoms with van der Waals surface area (Å²) in [5.74, 6) is -0.890. The summed E-state index contributed by atoms with van der Waals surface area (Å²) in [7, 11) is 0. The highest BCUT2D eigenvalue weighted by Gasteiger charge is 2.04. The average molecular weight is 255 g/mol. The molecular formula is C11H11BrO2. The van der Waals surface area contributed by atoms with E-state index in [1.165, 1.54) is 0 Å². The van der Waals surface area contributed by atoms with Crippen LogP contribution in [0, 0.1) is 0 Å². The molecule has 0 saturated heterocycles. The summed E-state index contributed by atoms with van der Waals surface area (Å²) in [6.45, 7) is 1.90. The predicted octanol–water partition coefficient (Wildman–Crippen LogP) is 3.31. The van der Waals surface area contributed by atoms with Crippen molar-refractivity contribution in [2.24, 2.45) is 0 Å². The van der Waals surface area contributed by atoms with Gasteiger partial charge in [0.25, 0.3) is 0 Å². The Hall–Kier alpha value is -1.09. The highest BCUT2D eigenvalue weighted by molar-refractivity contribution is 9.08. The first-order chi connectivity index (χ1) is 6.67. The fraction of sp³-hybridized carbons (Fsp3) is 0.182. The summed E-state index contributed by atoms with van der Waals surface area (Å²) >= 11 is 3.31. The number of rotatable bonds is 3. The van der Waals surface area contributed by atoms with Crippen molar-refractivity contribution in [2.75, 3.05) is 0 Å². The van der Waals surface area contributed by atoms with E-state index in [9.17, 15) is 4.79 Å². The maximum atomic E-state index is 10.8. The van der Waals surface area contributed by atoms with Gasteiger partial charge in [-0.15, -0.1) is 0 Å². The van der Waals surface area contributed by atoms with Crippen molar-refractivity contribution in [1.29, 1.82) is 0 Å². The molecule has 1 rings (SSSR count). The van der Waals surface area contributed by atoms with Gasteiger partial charge in [-0.25, -0.2) is 4.79 Å². The fourth-order valence-corrected chi connectivity index (χ4v) is 1.53. The predicted molar refractivity (Wildman–Crippen MR) is 60.7 cm³/mol. The van der Waals surface area contributed by atoms with Crippen molar-refractivity contribution in [1.82, 2.24) is 0 Å². The van der Waals surface area contributed by atoms with Gasteiger partial charge >= 0.3 is 5.97 Å². The minimum absolute atomic E-state index is 0.329. The zero-order valence-corrected chi connectivity index (χ0v) is 9.41. The topological polar surface area (TPSA) is 37.3 Å². The third-order valence-corrected chi connectivity index (χ3v) is 2.42. The van der Waals surface area contributed by atoms with Gasteiger partial charge in [-0.05, 0) is 30.2 Å². The molecule has 0 aromatic heterocycles. The van der Waals surface area contributed by atoms with E-state index in [-0.39, 0.29) is 0 Å². The summed E-state index contributed by atoms with van der Waals surface area (Å²) in [4.78, 5) is 10.8. The Bertz CT molecular complexity index is 370. The van der Waals surface area contributed by atoms with Crippen LogP contribution in [0.5, 0.6) is 0 Å². The third-order valence-electron chi connectivity index (χ3n) is 1.78. The molecule has 1 aromatic carbocycles. The molecule has 0 heterocycles. The lowest BCUT2D eigenvalue weighted by molar-refractivity contribution is 0.0696. The molecule has 74 valence electrons. The van der Waals surface area contributed by atoms with Crippen LogP contribution in [0.25, 0.3) is 6.08 Å². The maximum absolute atomic E-state index is 10.8. The first-order valence-electron chi connectivity index (χ1n) is 4.23. The summed E-state index contributed by atoms with van der Waals surface area (Å²) in [6.07, 6.45) is 3.78. The van der Waals surface area contributed by atoms with Crippen molar-refractivity contribution in [3.63, 3.8) is 0 Å². The second-order valence-corrected chi connectivity index (χ2v) is 3.46. The minimum Gasteiger partial charge on any atom is -0.478 e. The molecule has 0 saturated carbocycles. The Balaban J connectivity index is 3.19. The first kappa shape index (κ1) is 11.0. The van der Waals surface area contributed by atoms with E-state index in [2.05, 4.69) is 15.9 Å². The molecule has 0 spiro atoms. The van der Waals surface area contributed by atoms with Crippen LogP contribution in [0.2, 0.25) is 0 Å². The van der Waals surface area contributed by atoms with Crippen molar-refractivity contribution in [3.8, 4) is 0 Å². The van der Waals surface area contributed by atoms with Gasteiger partial charge in [0.15, 0.2) is 0 Å². The van der Waals surface area contributed by atoms with E-state index in [1.54, 1.807) is 12.1 Å². The van der Waals surface area contributed by atoms with Crippen LogP contribution < -0.4 is 0 Å². The van der Waals surface area contributed by atoms with Gasteiger partial charge in [0.1, 0.15) is 0 Å². The molecule has 0 atom stereocenters. The number of hydrogen-bond donors (Lipinski definition) is 1. The lowest BCUT2D eigenvalue weighted by atomic mass is 10.1. The molecule has 0 aliphatic rings. The molecule has 0 radical (unpaired) electrons. The number of hydrogen-bond acceptors (Lipinski definition) is 1. The molecule has 3 heteroatoms. The van der Waals surface area contributed by atoms with Gasteiger partial charge in [-0.3, -0.25) is 0 Å². The van der Waals surface area contributed by atoms with E-state index in [1.807, 2.05) is 25.1 Å². The number of allylic oxidation sites excluding steroid dienone is 1. The van der Waals surface area contributed by atoms with Gasteiger partial charge < -0.3 is 5.11 Å². The average Bonchev–Trinajstić information content (AvgIpc) is 2.17. The largest absolute Gasteiger partial charge is 0.478 e. The first-order valence-corrected chi connectivity index (χ1v) is 5.35. The van der Waals surface area contributed by atoms with Crippen LogP contribution in [-0.2, 0) is 5.33 Å². The molecule has 1 aromatic rings. The van der Waals surface area contributed by atoms with Crippen LogP contribution in [-0.4, -0.2) is 11.1 Å². The van der Waals surface area contributed by atoms with Crippen LogP contribution in [0.1, 0.15) is 28.4 Å². The van der Waals surface area contributed by atoms with Crippen molar-refractivity contribution in [2.45, 2.75) is 12.3 Å². The Labute approximate surface area is 91.4 Å². The Morgan fingerprint density at radius 1 is 1.50 bits per heavy atom. The number of carboxylic acid groups (broad SMARTS) is 1. The second kappa shape index (κ2) is 4.96. The number of alkyl halides is 1. The van der Waals surface area contributed by atoms with Gasteiger partial charge in [-0.1, -0.05) is 34.1 Å². The van der Waals surface area contributed by atoms with Crippen molar-refractivity contribution < 1.29 is 9.90 Å². The van der Waals surface area contributed by atoms with Crippen molar-refractivity contribution >= 4 is 28.0 Å². The standard InChI is InChI=1S/C11H11BrO2/c1-2-3-8-4-9(7-12)6-10(5-8)11(13)14/h2-6H,7H2,1H3,(H,13,14)/b3-2+. The molecular weight excluding hydrogens is 244 g/mol. The Kier molecular flexibility index (Phi) is 3.89. The SMILES string of the molecule is C/C=C/c1cc(CBr)cc(C(=O)O)c1. The highest BCUT2D eigenvalue weighted by Crippen LogP contribution is 2.14. The summed E-state index contributed by atoms with van der Waals surface area (Å²) in [5.41, 5.74) is 2.22. The molecule has 1 N–H and O–H groups in total. The zero-order chi connectivity index (χ0) is 10.6. The summed E-state index contributed by atoms with van der Waals surface area (Å²) in [6, 6.07) is 5.29. The van der Waals surface area contributed by atoms with E-state index in [0.29, 0.717) is 10.9 Å². The molecule has 0 aliphatic heterocycles. The van der Waals surface area contributed by atoms with Crippen LogP contribution in [0.15, 0.2) is 24.3 Å². The van der Waals surface area contributed by atoms with E-state index in [4.69, 9.17) is 5.11 Å².